The molecular formula is C16H23N3O2. The van der Waals surface area contributed by atoms with Crippen LogP contribution in [0.4, 0.5) is 5.69 Å². The molecule has 1 N–H and O–H groups in total. The van der Waals surface area contributed by atoms with Crippen LogP contribution in [0.25, 0.3) is 0 Å². The number of likely N-dealkylation sites (tertiary alicyclic amines) is 1. The number of non-ortho nitro benzene ring substituents is 1. The van der Waals surface area contributed by atoms with Crippen molar-refractivity contribution >= 4 is 5.69 Å². The lowest BCUT2D eigenvalue weighted by Crippen LogP contribution is -2.45. The summed E-state index contributed by atoms with van der Waals surface area (Å²) >= 11 is 0. The Balaban J connectivity index is 1.82. The highest BCUT2D eigenvalue weighted by atomic mass is 16.6. The van der Waals surface area contributed by atoms with Gasteiger partial charge in [-0.3, -0.25) is 15.0 Å². The van der Waals surface area contributed by atoms with Crippen LogP contribution >= 0.6 is 0 Å². The Labute approximate surface area is 125 Å². The van der Waals surface area contributed by atoms with Crippen molar-refractivity contribution in [1.82, 2.24) is 10.2 Å². The third kappa shape index (κ3) is 2.34. The molecule has 2 fully saturated rings. The topological polar surface area (TPSA) is 58.4 Å². The van der Waals surface area contributed by atoms with E-state index in [9.17, 15) is 10.1 Å². The fourth-order valence-electron chi connectivity index (χ4n) is 4.16. The quantitative estimate of drug-likeness (QED) is 0.686. The van der Waals surface area contributed by atoms with Crippen molar-refractivity contribution < 1.29 is 4.92 Å². The van der Waals surface area contributed by atoms with E-state index in [4.69, 9.17) is 0 Å². The van der Waals surface area contributed by atoms with E-state index < -0.39 is 0 Å². The maximum atomic E-state index is 10.8. The molecule has 1 aromatic carbocycles. The molecule has 3 atom stereocenters. The molecule has 5 heteroatoms. The first-order valence-electron chi connectivity index (χ1n) is 7.63. The van der Waals surface area contributed by atoms with Gasteiger partial charge in [-0.15, -0.1) is 0 Å². The second-order valence-corrected chi connectivity index (χ2v) is 6.86. The summed E-state index contributed by atoms with van der Waals surface area (Å²) in [6.07, 6.45) is 0. The molecule has 3 unspecified atom stereocenters. The van der Waals surface area contributed by atoms with Gasteiger partial charge < -0.3 is 5.32 Å². The number of hydrogen-bond donors (Lipinski definition) is 1. The van der Waals surface area contributed by atoms with E-state index in [1.54, 1.807) is 12.1 Å². The SMILES string of the molecule is CC(c1ccc([N+](=O)[O-])cc1)N1CC2CNCC2C1(C)C. The maximum Gasteiger partial charge on any atom is 0.269 e. The Bertz CT molecular complexity index is 541. The summed E-state index contributed by atoms with van der Waals surface area (Å²) < 4.78 is 0. The van der Waals surface area contributed by atoms with Crippen molar-refractivity contribution in [3.63, 3.8) is 0 Å². The van der Waals surface area contributed by atoms with Gasteiger partial charge in [0.2, 0.25) is 0 Å². The minimum atomic E-state index is -0.343. The molecule has 2 aliphatic heterocycles. The number of nitrogens with zero attached hydrogens (tertiary/aromatic N) is 2. The van der Waals surface area contributed by atoms with Crippen molar-refractivity contribution in [2.75, 3.05) is 19.6 Å². The molecule has 0 aromatic heterocycles. The molecule has 2 aliphatic rings. The van der Waals surface area contributed by atoms with Crippen LogP contribution in [-0.2, 0) is 0 Å². The lowest BCUT2D eigenvalue weighted by molar-refractivity contribution is -0.384. The fraction of sp³-hybridized carbons (Fsp3) is 0.625. The van der Waals surface area contributed by atoms with Gasteiger partial charge in [0.05, 0.1) is 4.92 Å². The van der Waals surface area contributed by atoms with Gasteiger partial charge in [0.1, 0.15) is 0 Å². The number of nitro groups is 1. The van der Waals surface area contributed by atoms with Gasteiger partial charge >= 0.3 is 0 Å². The van der Waals surface area contributed by atoms with Crippen LogP contribution in [0.5, 0.6) is 0 Å². The van der Waals surface area contributed by atoms with Gasteiger partial charge in [-0.25, -0.2) is 0 Å². The van der Waals surface area contributed by atoms with Crippen molar-refractivity contribution in [3.8, 4) is 0 Å². The van der Waals surface area contributed by atoms with Crippen LogP contribution in [0, 0.1) is 22.0 Å². The minimum absolute atomic E-state index is 0.160. The number of rotatable bonds is 3. The molecule has 0 spiro atoms. The van der Waals surface area contributed by atoms with Crippen LogP contribution in [0.15, 0.2) is 24.3 Å². The monoisotopic (exact) mass is 289 g/mol. The van der Waals surface area contributed by atoms with Crippen molar-refractivity contribution in [2.24, 2.45) is 11.8 Å². The number of benzene rings is 1. The number of nitro benzene ring substituents is 1. The summed E-state index contributed by atoms with van der Waals surface area (Å²) in [5, 5.41) is 14.3. The van der Waals surface area contributed by atoms with Crippen LogP contribution in [0.2, 0.25) is 0 Å². The Morgan fingerprint density at radius 3 is 2.57 bits per heavy atom. The van der Waals surface area contributed by atoms with Crippen LogP contribution in [0.3, 0.4) is 0 Å². The van der Waals surface area contributed by atoms with Gasteiger partial charge in [-0.1, -0.05) is 12.1 Å². The zero-order valence-corrected chi connectivity index (χ0v) is 12.9. The summed E-state index contributed by atoms with van der Waals surface area (Å²) in [4.78, 5) is 13.0. The summed E-state index contributed by atoms with van der Waals surface area (Å²) in [5.41, 5.74) is 1.48. The van der Waals surface area contributed by atoms with Gasteiger partial charge in [0.25, 0.3) is 5.69 Å². The molecule has 0 bridgehead atoms. The molecule has 0 aliphatic carbocycles. The van der Waals surface area contributed by atoms with Crippen molar-refractivity contribution in [3.05, 3.63) is 39.9 Å². The molecule has 0 amide bonds. The van der Waals surface area contributed by atoms with Crippen molar-refractivity contribution in [2.45, 2.75) is 32.4 Å². The number of fused-ring (bicyclic) bond motifs is 1. The molecule has 2 heterocycles. The second-order valence-electron chi connectivity index (χ2n) is 6.86. The van der Waals surface area contributed by atoms with E-state index in [-0.39, 0.29) is 22.2 Å². The number of hydrogen-bond acceptors (Lipinski definition) is 4. The largest absolute Gasteiger partial charge is 0.316 e. The summed E-state index contributed by atoms with van der Waals surface area (Å²) in [6, 6.07) is 7.29. The first-order chi connectivity index (χ1) is 9.91. The average molecular weight is 289 g/mol. The molecule has 0 saturated carbocycles. The minimum Gasteiger partial charge on any atom is -0.316 e. The highest BCUT2D eigenvalue weighted by Crippen LogP contribution is 2.44. The highest BCUT2D eigenvalue weighted by molar-refractivity contribution is 5.34. The average Bonchev–Trinajstić information content (AvgIpc) is 3.01. The summed E-state index contributed by atoms with van der Waals surface area (Å²) in [6.45, 7) is 10.2. The zero-order valence-electron chi connectivity index (χ0n) is 12.9. The van der Waals surface area contributed by atoms with E-state index >= 15 is 0 Å². The zero-order chi connectivity index (χ0) is 15.2. The Hall–Kier alpha value is -1.46. The smallest absolute Gasteiger partial charge is 0.269 e. The molecule has 1 aromatic rings. The summed E-state index contributed by atoms with van der Waals surface area (Å²) in [7, 11) is 0. The molecule has 5 nitrogen and oxygen atoms in total. The van der Waals surface area contributed by atoms with E-state index in [0.717, 1.165) is 31.1 Å². The third-order valence-corrected chi connectivity index (χ3v) is 5.47. The van der Waals surface area contributed by atoms with E-state index in [1.165, 1.54) is 0 Å². The van der Waals surface area contributed by atoms with Crippen LogP contribution in [0.1, 0.15) is 32.4 Å². The predicted molar refractivity (Wildman–Crippen MR) is 82.1 cm³/mol. The maximum absolute atomic E-state index is 10.8. The number of nitrogens with one attached hydrogen (secondary N) is 1. The van der Waals surface area contributed by atoms with Gasteiger partial charge in [-0.2, -0.15) is 0 Å². The normalized spacial score (nSPS) is 29.3. The van der Waals surface area contributed by atoms with Gasteiger partial charge in [-0.05, 0) is 44.7 Å². The molecule has 21 heavy (non-hydrogen) atoms. The highest BCUT2D eigenvalue weighted by Gasteiger charge is 2.50. The molecular weight excluding hydrogens is 266 g/mol. The van der Waals surface area contributed by atoms with Gasteiger partial charge in [0.15, 0.2) is 0 Å². The predicted octanol–water partition coefficient (Wildman–Crippen LogP) is 2.59. The Morgan fingerprint density at radius 2 is 2.00 bits per heavy atom. The lowest BCUT2D eigenvalue weighted by atomic mass is 9.84. The van der Waals surface area contributed by atoms with E-state index in [0.29, 0.717) is 5.92 Å². The molecule has 3 rings (SSSR count). The first-order valence-corrected chi connectivity index (χ1v) is 7.63. The Kier molecular flexibility index (Phi) is 3.50. The standard InChI is InChI=1S/C16H23N3O2/c1-11(12-4-6-14(7-5-12)19(20)21)18-10-13-8-17-9-15(13)16(18,2)3/h4-7,11,13,15,17H,8-10H2,1-3H3. The van der Waals surface area contributed by atoms with Crippen molar-refractivity contribution in [1.29, 1.82) is 0 Å². The third-order valence-electron chi connectivity index (χ3n) is 5.47. The van der Waals surface area contributed by atoms with Crippen LogP contribution in [-0.4, -0.2) is 35.0 Å². The molecule has 114 valence electrons. The Morgan fingerprint density at radius 1 is 1.33 bits per heavy atom. The van der Waals surface area contributed by atoms with Crippen LogP contribution < -0.4 is 5.32 Å². The van der Waals surface area contributed by atoms with Gasteiger partial charge in [0, 0.05) is 36.8 Å². The molecule has 2 saturated heterocycles. The summed E-state index contributed by atoms with van der Waals surface area (Å²) in [5.74, 6) is 1.42. The lowest BCUT2D eigenvalue weighted by Gasteiger charge is -2.40. The fourth-order valence-corrected chi connectivity index (χ4v) is 4.16. The second kappa shape index (κ2) is 5.07. The molecule has 0 radical (unpaired) electrons. The van der Waals surface area contributed by atoms with E-state index in [1.807, 2.05) is 12.1 Å². The van der Waals surface area contributed by atoms with E-state index in [2.05, 4.69) is 31.0 Å². The first kappa shape index (κ1) is 14.5.